The molecule has 130 valence electrons. The van der Waals surface area contributed by atoms with Crippen LogP contribution < -0.4 is 5.32 Å². The Morgan fingerprint density at radius 3 is 2.69 bits per heavy atom. The molecule has 3 aromatic rings. The van der Waals surface area contributed by atoms with E-state index in [0.717, 1.165) is 23.7 Å². The van der Waals surface area contributed by atoms with Gasteiger partial charge in [-0.2, -0.15) is 5.26 Å². The number of para-hydroxylation sites is 1. The molecule has 1 heterocycles. The number of benzene rings is 2. The van der Waals surface area contributed by atoms with Crippen molar-refractivity contribution in [1.82, 2.24) is 4.98 Å². The topological polar surface area (TPSA) is 65.8 Å². The zero-order valence-corrected chi connectivity index (χ0v) is 14.6. The number of nitrogens with one attached hydrogen (secondary N) is 1. The molecule has 1 aromatic heterocycles. The van der Waals surface area contributed by atoms with Gasteiger partial charge in [-0.05, 0) is 36.5 Å². The van der Waals surface area contributed by atoms with E-state index < -0.39 is 0 Å². The van der Waals surface area contributed by atoms with Gasteiger partial charge in [0.05, 0.1) is 17.3 Å². The average molecular weight is 343 g/mol. The van der Waals surface area contributed by atoms with E-state index in [0.29, 0.717) is 18.5 Å². The van der Waals surface area contributed by atoms with Crippen molar-refractivity contribution >= 4 is 22.5 Å². The molecule has 0 saturated heterocycles. The summed E-state index contributed by atoms with van der Waals surface area (Å²) >= 11 is 0. The SMILES string of the molecule is N#CCC(CCc1ccccc1)CC(=O)Nc1cccc2cccnc12. The number of amides is 1. The number of pyridine rings is 1. The van der Waals surface area contributed by atoms with Gasteiger partial charge in [0.25, 0.3) is 0 Å². The second-order valence-corrected chi connectivity index (χ2v) is 6.39. The molecule has 0 aliphatic heterocycles. The third-order valence-electron chi connectivity index (χ3n) is 4.44. The minimum absolute atomic E-state index is 0.0446. The van der Waals surface area contributed by atoms with Gasteiger partial charge in [0.15, 0.2) is 0 Å². The lowest BCUT2D eigenvalue weighted by molar-refractivity contribution is -0.117. The first kappa shape index (κ1) is 17.6. The van der Waals surface area contributed by atoms with Crippen LogP contribution in [0.25, 0.3) is 10.9 Å². The van der Waals surface area contributed by atoms with Crippen LogP contribution in [-0.4, -0.2) is 10.9 Å². The number of aryl methyl sites for hydroxylation is 1. The second-order valence-electron chi connectivity index (χ2n) is 6.39. The van der Waals surface area contributed by atoms with E-state index in [9.17, 15) is 4.79 Å². The van der Waals surface area contributed by atoms with E-state index in [2.05, 4.69) is 28.5 Å². The van der Waals surface area contributed by atoms with E-state index in [1.54, 1.807) is 6.20 Å². The number of rotatable bonds is 7. The molecule has 2 aromatic carbocycles. The number of carbonyl (C=O) groups excluding carboxylic acids is 1. The van der Waals surface area contributed by atoms with Gasteiger partial charge in [0.2, 0.25) is 5.91 Å². The van der Waals surface area contributed by atoms with Crippen LogP contribution in [0.5, 0.6) is 0 Å². The van der Waals surface area contributed by atoms with Crippen LogP contribution in [-0.2, 0) is 11.2 Å². The highest BCUT2D eigenvalue weighted by atomic mass is 16.1. The first-order valence-electron chi connectivity index (χ1n) is 8.80. The van der Waals surface area contributed by atoms with Gasteiger partial charge in [-0.15, -0.1) is 0 Å². The van der Waals surface area contributed by atoms with Crippen LogP contribution in [0, 0.1) is 17.2 Å². The molecular formula is C22H21N3O. The Kier molecular flexibility index (Phi) is 5.95. The Balaban J connectivity index is 1.63. The van der Waals surface area contributed by atoms with Crippen LogP contribution >= 0.6 is 0 Å². The Labute approximate surface area is 153 Å². The summed E-state index contributed by atoms with van der Waals surface area (Å²) in [5.41, 5.74) is 2.73. The maximum absolute atomic E-state index is 12.5. The van der Waals surface area contributed by atoms with Gasteiger partial charge in [-0.1, -0.05) is 48.5 Å². The molecule has 4 nitrogen and oxygen atoms in total. The van der Waals surface area contributed by atoms with E-state index in [1.807, 2.05) is 48.5 Å². The number of aromatic nitrogens is 1. The molecule has 3 rings (SSSR count). The van der Waals surface area contributed by atoms with Gasteiger partial charge >= 0.3 is 0 Å². The Morgan fingerprint density at radius 2 is 1.88 bits per heavy atom. The number of anilines is 1. The van der Waals surface area contributed by atoms with Crippen molar-refractivity contribution in [3.8, 4) is 6.07 Å². The standard InChI is InChI=1S/C22H21N3O/c23-14-13-18(12-11-17-6-2-1-3-7-17)16-21(26)25-20-10-4-8-19-9-5-15-24-22(19)20/h1-10,15,18H,11-13,16H2,(H,25,26). The number of carbonyl (C=O) groups is 1. The highest BCUT2D eigenvalue weighted by molar-refractivity contribution is 6.00. The number of nitriles is 1. The Bertz CT molecular complexity index is 910. The maximum atomic E-state index is 12.5. The van der Waals surface area contributed by atoms with Crippen molar-refractivity contribution in [1.29, 1.82) is 5.26 Å². The summed E-state index contributed by atoms with van der Waals surface area (Å²) in [6.45, 7) is 0. The predicted octanol–water partition coefficient (Wildman–Crippen LogP) is 4.73. The summed E-state index contributed by atoms with van der Waals surface area (Å²) in [4.78, 5) is 16.9. The lowest BCUT2D eigenvalue weighted by Crippen LogP contribution is -2.17. The minimum Gasteiger partial charge on any atom is -0.324 e. The van der Waals surface area contributed by atoms with E-state index in [-0.39, 0.29) is 11.8 Å². The first-order chi connectivity index (χ1) is 12.8. The minimum atomic E-state index is -0.0727. The first-order valence-corrected chi connectivity index (χ1v) is 8.80. The molecule has 1 N–H and O–H groups in total. The quantitative estimate of drug-likeness (QED) is 0.674. The third-order valence-corrected chi connectivity index (χ3v) is 4.44. The average Bonchev–Trinajstić information content (AvgIpc) is 2.67. The molecule has 26 heavy (non-hydrogen) atoms. The summed E-state index contributed by atoms with van der Waals surface area (Å²) < 4.78 is 0. The molecule has 1 amide bonds. The fourth-order valence-corrected chi connectivity index (χ4v) is 3.09. The van der Waals surface area contributed by atoms with Crippen LogP contribution in [0.2, 0.25) is 0 Å². The lowest BCUT2D eigenvalue weighted by atomic mass is 9.93. The zero-order chi connectivity index (χ0) is 18.2. The molecule has 1 unspecified atom stereocenters. The molecule has 1 atom stereocenters. The summed E-state index contributed by atoms with van der Waals surface area (Å²) in [5.74, 6) is -0.0281. The number of hydrogen-bond acceptors (Lipinski definition) is 3. The fourth-order valence-electron chi connectivity index (χ4n) is 3.09. The summed E-state index contributed by atoms with van der Waals surface area (Å²) in [6.07, 6.45) is 4.13. The highest BCUT2D eigenvalue weighted by Gasteiger charge is 2.15. The Hall–Kier alpha value is -3.19. The summed E-state index contributed by atoms with van der Waals surface area (Å²) in [5, 5.41) is 13.0. The van der Waals surface area contributed by atoms with Crippen molar-refractivity contribution in [2.45, 2.75) is 25.7 Å². The molecule has 0 bridgehead atoms. The van der Waals surface area contributed by atoms with Crippen molar-refractivity contribution in [2.75, 3.05) is 5.32 Å². The van der Waals surface area contributed by atoms with Crippen molar-refractivity contribution in [3.05, 3.63) is 72.4 Å². The van der Waals surface area contributed by atoms with Gasteiger partial charge in [-0.25, -0.2) is 0 Å². The van der Waals surface area contributed by atoms with Crippen LogP contribution in [0.4, 0.5) is 5.69 Å². The number of nitrogens with zero attached hydrogens (tertiary/aromatic N) is 2. The van der Waals surface area contributed by atoms with Crippen LogP contribution in [0.15, 0.2) is 66.9 Å². The Morgan fingerprint density at radius 1 is 1.08 bits per heavy atom. The smallest absolute Gasteiger partial charge is 0.224 e. The van der Waals surface area contributed by atoms with Crippen molar-refractivity contribution < 1.29 is 4.79 Å². The van der Waals surface area contributed by atoms with Gasteiger partial charge in [-0.3, -0.25) is 9.78 Å². The van der Waals surface area contributed by atoms with Crippen molar-refractivity contribution in [3.63, 3.8) is 0 Å². The molecule has 0 fully saturated rings. The molecule has 0 radical (unpaired) electrons. The van der Waals surface area contributed by atoms with E-state index >= 15 is 0 Å². The van der Waals surface area contributed by atoms with Gasteiger partial charge in [0.1, 0.15) is 0 Å². The highest BCUT2D eigenvalue weighted by Crippen LogP contribution is 2.22. The van der Waals surface area contributed by atoms with Gasteiger partial charge < -0.3 is 5.32 Å². The van der Waals surface area contributed by atoms with Crippen LogP contribution in [0.3, 0.4) is 0 Å². The molecule has 0 saturated carbocycles. The molecule has 0 aliphatic rings. The molecule has 4 heteroatoms. The lowest BCUT2D eigenvalue weighted by Gasteiger charge is -2.14. The second kappa shape index (κ2) is 8.77. The normalized spacial score (nSPS) is 11.7. The molecule has 0 spiro atoms. The summed E-state index contributed by atoms with van der Waals surface area (Å²) in [6, 6.07) is 21.9. The molecular weight excluding hydrogens is 322 g/mol. The molecule has 0 aliphatic carbocycles. The number of fused-ring (bicyclic) bond motifs is 1. The van der Waals surface area contributed by atoms with Crippen LogP contribution in [0.1, 0.15) is 24.8 Å². The monoisotopic (exact) mass is 343 g/mol. The van der Waals surface area contributed by atoms with Crippen molar-refractivity contribution in [2.24, 2.45) is 5.92 Å². The fraction of sp³-hybridized carbons (Fsp3) is 0.227. The predicted molar refractivity (Wildman–Crippen MR) is 103 cm³/mol. The van der Waals surface area contributed by atoms with E-state index in [1.165, 1.54) is 5.56 Å². The zero-order valence-electron chi connectivity index (χ0n) is 14.6. The maximum Gasteiger partial charge on any atom is 0.224 e. The van der Waals surface area contributed by atoms with Gasteiger partial charge in [0, 0.05) is 24.4 Å². The largest absolute Gasteiger partial charge is 0.324 e. The third kappa shape index (κ3) is 4.67. The van der Waals surface area contributed by atoms with E-state index in [4.69, 9.17) is 5.26 Å². The summed E-state index contributed by atoms with van der Waals surface area (Å²) in [7, 11) is 0. The number of hydrogen-bond donors (Lipinski definition) is 1.